The Morgan fingerprint density at radius 2 is 2.17 bits per heavy atom. The molecule has 0 aliphatic carbocycles. The van der Waals surface area contributed by atoms with Crippen molar-refractivity contribution in [1.82, 2.24) is 10.2 Å². The van der Waals surface area contributed by atoms with E-state index < -0.39 is 30.5 Å². The highest BCUT2D eigenvalue weighted by Gasteiger charge is 2.40. The molecule has 2 atom stereocenters. The van der Waals surface area contributed by atoms with Crippen molar-refractivity contribution in [1.29, 1.82) is 0 Å². The predicted octanol–water partition coefficient (Wildman–Crippen LogP) is 2.93. The van der Waals surface area contributed by atoms with Gasteiger partial charge in [-0.05, 0) is 24.6 Å². The number of rotatable bonds is 4. The molecule has 4 nitrogen and oxygen atoms in total. The van der Waals surface area contributed by atoms with Gasteiger partial charge in [0.15, 0.2) is 0 Å². The smallest absolute Gasteiger partial charge is 0.349 e. The molecule has 23 heavy (non-hydrogen) atoms. The highest BCUT2D eigenvalue weighted by atomic mass is 35.5. The number of hydrogen-bond acceptors (Lipinski definition) is 2. The van der Waals surface area contributed by atoms with Crippen LogP contribution in [0.3, 0.4) is 0 Å². The zero-order valence-electron chi connectivity index (χ0n) is 12.4. The lowest BCUT2D eigenvalue weighted by atomic mass is 10.1. The second kappa shape index (κ2) is 6.78. The number of halogens is 4. The van der Waals surface area contributed by atoms with Gasteiger partial charge >= 0.3 is 6.18 Å². The van der Waals surface area contributed by atoms with Crippen LogP contribution >= 0.6 is 11.6 Å². The van der Waals surface area contributed by atoms with Crippen LogP contribution in [0, 0.1) is 5.92 Å². The summed E-state index contributed by atoms with van der Waals surface area (Å²) in [5.74, 6) is -1.86. The molecule has 8 heteroatoms. The van der Waals surface area contributed by atoms with Gasteiger partial charge in [0.1, 0.15) is 6.54 Å². The summed E-state index contributed by atoms with van der Waals surface area (Å²) < 4.78 is 37.1. The molecular weight excluding hydrogens is 333 g/mol. The summed E-state index contributed by atoms with van der Waals surface area (Å²) >= 11 is 5.88. The van der Waals surface area contributed by atoms with E-state index >= 15 is 0 Å². The van der Waals surface area contributed by atoms with Crippen molar-refractivity contribution in [3.05, 3.63) is 34.9 Å². The van der Waals surface area contributed by atoms with Crippen LogP contribution in [0.2, 0.25) is 5.02 Å². The largest absolute Gasteiger partial charge is 0.406 e. The molecule has 1 heterocycles. The first kappa shape index (κ1) is 17.6. The molecule has 1 aliphatic rings. The number of amides is 2. The molecule has 126 valence electrons. The maximum Gasteiger partial charge on any atom is 0.406 e. The van der Waals surface area contributed by atoms with Crippen molar-refractivity contribution in [2.24, 2.45) is 5.92 Å². The number of alkyl halides is 3. The average molecular weight is 349 g/mol. The van der Waals surface area contributed by atoms with Gasteiger partial charge in [0.2, 0.25) is 11.8 Å². The molecule has 1 saturated heterocycles. The quantitative estimate of drug-likeness (QED) is 0.909. The van der Waals surface area contributed by atoms with E-state index in [0.29, 0.717) is 9.92 Å². The topological polar surface area (TPSA) is 49.4 Å². The lowest BCUT2D eigenvalue weighted by Crippen LogP contribution is -2.37. The second-order valence-electron chi connectivity index (χ2n) is 5.58. The molecule has 0 saturated carbocycles. The van der Waals surface area contributed by atoms with Crippen molar-refractivity contribution in [2.75, 3.05) is 13.1 Å². The maximum absolute atomic E-state index is 12.4. The van der Waals surface area contributed by atoms with Crippen LogP contribution in [0.5, 0.6) is 0 Å². The van der Waals surface area contributed by atoms with Crippen LogP contribution in [0.4, 0.5) is 13.2 Å². The third-order valence-electron chi connectivity index (χ3n) is 3.66. The number of benzene rings is 1. The highest BCUT2D eigenvalue weighted by Crippen LogP contribution is 2.25. The van der Waals surface area contributed by atoms with Crippen molar-refractivity contribution in [2.45, 2.75) is 25.6 Å². The number of nitrogens with zero attached hydrogens (tertiary/aromatic N) is 1. The van der Waals surface area contributed by atoms with E-state index in [2.05, 4.69) is 5.32 Å². The molecular formula is C15H16ClF3N2O2. The van der Waals surface area contributed by atoms with Gasteiger partial charge in [0.25, 0.3) is 0 Å². The first-order valence-corrected chi connectivity index (χ1v) is 7.44. The Bertz CT molecular complexity index is 607. The standard InChI is InChI=1S/C15H16ClF3N2O2/c1-9(10-3-2-4-12(16)5-10)20-14(23)11-6-13(22)21(7-11)8-15(17,18)19/h2-5,9,11H,6-8H2,1H3,(H,20,23)/t9-,11+/m1/s1. The van der Waals surface area contributed by atoms with Crippen LogP contribution < -0.4 is 5.32 Å². The zero-order valence-corrected chi connectivity index (χ0v) is 13.1. The van der Waals surface area contributed by atoms with E-state index in [4.69, 9.17) is 11.6 Å². The summed E-state index contributed by atoms with van der Waals surface area (Å²) in [4.78, 5) is 24.4. The normalized spacial score (nSPS) is 19.8. The van der Waals surface area contributed by atoms with Crippen molar-refractivity contribution in [3.63, 3.8) is 0 Å². The van der Waals surface area contributed by atoms with Crippen molar-refractivity contribution >= 4 is 23.4 Å². The maximum atomic E-state index is 12.4. The van der Waals surface area contributed by atoms with Gasteiger partial charge in [-0.3, -0.25) is 9.59 Å². The fraction of sp³-hybridized carbons (Fsp3) is 0.467. The van der Waals surface area contributed by atoms with E-state index in [9.17, 15) is 22.8 Å². The summed E-state index contributed by atoms with van der Waals surface area (Å²) in [6.45, 7) is 0.208. The molecule has 0 spiro atoms. The van der Waals surface area contributed by atoms with Crippen molar-refractivity contribution in [3.8, 4) is 0 Å². The summed E-state index contributed by atoms with van der Waals surface area (Å²) in [7, 11) is 0. The lowest BCUT2D eigenvalue weighted by molar-refractivity contribution is -0.157. The van der Waals surface area contributed by atoms with Gasteiger partial charge in [0, 0.05) is 18.0 Å². The minimum absolute atomic E-state index is 0.204. The molecule has 1 N–H and O–H groups in total. The molecule has 1 aromatic rings. The van der Waals surface area contributed by atoms with Gasteiger partial charge in [-0.2, -0.15) is 13.2 Å². The Labute approximate surface area is 136 Å². The molecule has 0 bridgehead atoms. The van der Waals surface area contributed by atoms with Crippen LogP contribution in [-0.4, -0.2) is 36.0 Å². The monoisotopic (exact) mass is 348 g/mol. The first-order valence-electron chi connectivity index (χ1n) is 7.06. The van der Waals surface area contributed by atoms with E-state index in [1.807, 2.05) is 0 Å². The molecule has 1 fully saturated rings. The SMILES string of the molecule is C[C@@H](NC(=O)[C@H]1CC(=O)N(CC(F)(F)F)C1)c1cccc(Cl)c1. The molecule has 1 aliphatic heterocycles. The minimum Gasteiger partial charge on any atom is -0.349 e. The number of nitrogens with one attached hydrogen (secondary N) is 1. The molecule has 0 aromatic heterocycles. The van der Waals surface area contributed by atoms with Crippen LogP contribution in [0.1, 0.15) is 24.9 Å². The van der Waals surface area contributed by atoms with E-state index in [-0.39, 0.29) is 19.0 Å². The first-order chi connectivity index (χ1) is 10.7. The summed E-state index contributed by atoms with van der Waals surface area (Å²) in [5.41, 5.74) is 0.780. The minimum atomic E-state index is -4.46. The average Bonchev–Trinajstić information content (AvgIpc) is 2.78. The Hall–Kier alpha value is -1.76. The fourth-order valence-corrected chi connectivity index (χ4v) is 2.71. The third-order valence-corrected chi connectivity index (χ3v) is 3.90. The molecule has 1 aromatic carbocycles. The number of likely N-dealkylation sites (tertiary alicyclic amines) is 1. The van der Waals surface area contributed by atoms with Gasteiger partial charge in [-0.25, -0.2) is 0 Å². The second-order valence-corrected chi connectivity index (χ2v) is 6.01. The van der Waals surface area contributed by atoms with Gasteiger partial charge in [0.05, 0.1) is 12.0 Å². The van der Waals surface area contributed by atoms with Gasteiger partial charge in [-0.15, -0.1) is 0 Å². The summed E-state index contributed by atoms with van der Waals surface area (Å²) in [6.07, 6.45) is -4.67. The Morgan fingerprint density at radius 1 is 1.48 bits per heavy atom. The van der Waals surface area contributed by atoms with Crippen LogP contribution in [0.25, 0.3) is 0 Å². The Balaban J connectivity index is 1.95. The van der Waals surface area contributed by atoms with E-state index in [0.717, 1.165) is 5.56 Å². The Kier molecular flexibility index (Phi) is 5.19. The van der Waals surface area contributed by atoms with Gasteiger partial charge in [-0.1, -0.05) is 23.7 Å². The highest BCUT2D eigenvalue weighted by molar-refractivity contribution is 6.30. The summed E-state index contributed by atoms with van der Waals surface area (Å²) in [6, 6.07) is 6.57. The molecule has 0 unspecified atom stereocenters. The fourth-order valence-electron chi connectivity index (χ4n) is 2.51. The van der Waals surface area contributed by atoms with Crippen LogP contribution in [-0.2, 0) is 9.59 Å². The summed E-state index contributed by atoms with van der Waals surface area (Å²) in [5, 5.41) is 3.24. The lowest BCUT2D eigenvalue weighted by Gasteiger charge is -2.19. The third kappa shape index (κ3) is 4.86. The number of carbonyl (C=O) groups is 2. The van der Waals surface area contributed by atoms with Crippen LogP contribution in [0.15, 0.2) is 24.3 Å². The number of carbonyl (C=O) groups excluding carboxylic acids is 2. The van der Waals surface area contributed by atoms with Crippen molar-refractivity contribution < 1.29 is 22.8 Å². The molecule has 0 radical (unpaired) electrons. The van der Waals surface area contributed by atoms with E-state index in [1.54, 1.807) is 31.2 Å². The van der Waals surface area contributed by atoms with Gasteiger partial charge < -0.3 is 10.2 Å². The van der Waals surface area contributed by atoms with E-state index in [1.165, 1.54) is 0 Å². The predicted molar refractivity (Wildman–Crippen MR) is 78.8 cm³/mol. The number of hydrogen-bond donors (Lipinski definition) is 1. The molecule has 2 rings (SSSR count). The Morgan fingerprint density at radius 3 is 2.78 bits per heavy atom. The zero-order chi connectivity index (χ0) is 17.2. The molecule has 2 amide bonds.